The summed E-state index contributed by atoms with van der Waals surface area (Å²) in [7, 11) is 0. The quantitative estimate of drug-likeness (QED) is 0.0343. The van der Waals surface area contributed by atoms with Crippen LogP contribution in [0.5, 0.6) is 0 Å². The van der Waals surface area contributed by atoms with Gasteiger partial charge in [-0.25, -0.2) is 4.79 Å². The van der Waals surface area contributed by atoms with Crippen molar-refractivity contribution >= 4 is 62.3 Å². The maximum absolute atomic E-state index is 12.1. The Balaban J connectivity index is 1.25. The van der Waals surface area contributed by atoms with Crippen molar-refractivity contribution in [2.75, 3.05) is 11.9 Å². The third-order valence-electron chi connectivity index (χ3n) is 9.33. The van der Waals surface area contributed by atoms with E-state index in [2.05, 4.69) is 50.0 Å². The number of anilines is 1. The number of ether oxygens (including phenoxy) is 1. The van der Waals surface area contributed by atoms with Gasteiger partial charge in [0.2, 0.25) is 0 Å². The number of nitro benzene ring substituents is 1. The molecule has 1 N–H and O–H groups in total. The average molecular weight is 773 g/mol. The summed E-state index contributed by atoms with van der Waals surface area (Å²) in [6, 6.07) is 12.0. The van der Waals surface area contributed by atoms with Crippen molar-refractivity contribution in [3.8, 4) is 0 Å². The molecule has 8 heteroatoms. The van der Waals surface area contributed by atoms with Gasteiger partial charge in [0.15, 0.2) is 0 Å². The van der Waals surface area contributed by atoms with Crippen molar-refractivity contribution in [1.29, 1.82) is 0 Å². The number of nitrogens with one attached hydrogen (secondary N) is 1. The second-order valence-electron chi connectivity index (χ2n) is 13.4. The van der Waals surface area contributed by atoms with Crippen molar-refractivity contribution in [2.24, 2.45) is 5.92 Å². The summed E-state index contributed by atoms with van der Waals surface area (Å²) in [6.07, 6.45) is 22.2. The number of carbonyl (C=O) groups excluding carboxylic acids is 1. The first-order valence-corrected chi connectivity index (χ1v) is 21.2. The standard InChI is InChI=1S/C39H54N2O4Se2/c1-5-6-7-8-9-10-12-15-20-31(28-45-38(42)29(2)3)21-16-13-11-14-17-22-32-26-34-30(4)19-18-23-36(34)46-39(32)40-35-25-24-33(41(43)44)27-37(35)47-39/h18-19,23-27,31,40H,2,5-17,20-22,28H2,1,3-4H3. The molecule has 0 aliphatic carbocycles. The van der Waals surface area contributed by atoms with Crippen LogP contribution in [0.1, 0.15) is 128 Å². The summed E-state index contributed by atoms with van der Waals surface area (Å²) < 4.78 is 8.04. The SMILES string of the molecule is C=C(C)C(=O)OCC(CCCCCCCCCC)CCCCCCCC1=Cc2c(C)cccc2[Se]C12Nc1ccc([N+](=O)[O-])cc1[Se]2. The zero-order valence-electron chi connectivity index (χ0n) is 28.7. The van der Waals surface area contributed by atoms with E-state index >= 15 is 0 Å². The van der Waals surface area contributed by atoms with Crippen LogP contribution < -0.4 is 14.2 Å². The van der Waals surface area contributed by atoms with E-state index in [-0.39, 0.29) is 49.8 Å². The van der Waals surface area contributed by atoms with Gasteiger partial charge >= 0.3 is 221 Å². The normalized spacial score (nSPS) is 17.0. The van der Waals surface area contributed by atoms with Crippen LogP contribution in [0.25, 0.3) is 6.08 Å². The van der Waals surface area contributed by atoms with Gasteiger partial charge in [-0.05, 0) is 6.92 Å². The summed E-state index contributed by atoms with van der Waals surface area (Å²) in [5.41, 5.74) is 5.90. The molecule has 2 aromatic carbocycles. The van der Waals surface area contributed by atoms with Crippen molar-refractivity contribution < 1.29 is 14.5 Å². The minimum atomic E-state index is -0.282. The predicted octanol–water partition coefficient (Wildman–Crippen LogP) is 8.74. The van der Waals surface area contributed by atoms with Crippen LogP contribution >= 0.6 is 0 Å². The van der Waals surface area contributed by atoms with Gasteiger partial charge < -0.3 is 0 Å². The molecule has 256 valence electrons. The molecule has 0 aromatic heterocycles. The van der Waals surface area contributed by atoms with E-state index in [0.717, 1.165) is 35.8 Å². The van der Waals surface area contributed by atoms with Gasteiger partial charge in [0, 0.05) is 5.57 Å². The zero-order chi connectivity index (χ0) is 33.6. The first kappa shape index (κ1) is 37.4. The number of rotatable bonds is 21. The topological polar surface area (TPSA) is 81.5 Å². The molecule has 2 heterocycles. The number of fused-ring (bicyclic) bond motifs is 2. The number of aryl methyl sites for hydroxylation is 1. The van der Waals surface area contributed by atoms with E-state index in [4.69, 9.17) is 4.74 Å². The van der Waals surface area contributed by atoms with E-state index in [0.29, 0.717) is 18.1 Å². The summed E-state index contributed by atoms with van der Waals surface area (Å²) in [5, 5.41) is 15.4. The van der Waals surface area contributed by atoms with Crippen LogP contribution in [0.3, 0.4) is 0 Å². The van der Waals surface area contributed by atoms with Crippen molar-refractivity contribution in [1.82, 2.24) is 0 Å². The monoisotopic (exact) mass is 774 g/mol. The Morgan fingerprint density at radius 3 is 2.23 bits per heavy atom. The Bertz CT molecular complexity index is 1410. The zero-order valence-corrected chi connectivity index (χ0v) is 32.2. The number of hydrogen-bond donors (Lipinski definition) is 1. The molecule has 2 atom stereocenters. The van der Waals surface area contributed by atoms with Gasteiger partial charge in [-0.3, -0.25) is 0 Å². The number of non-ortho nitro benzene ring substituents is 1. The van der Waals surface area contributed by atoms with Gasteiger partial charge in [0.25, 0.3) is 0 Å². The number of benzene rings is 2. The molecule has 4 rings (SSSR count). The molecule has 0 fully saturated rings. The Labute approximate surface area is 295 Å². The number of carbonyl (C=O) groups is 1. The Kier molecular flexibility index (Phi) is 15.1. The summed E-state index contributed by atoms with van der Waals surface area (Å²) in [6.45, 7) is 10.4. The van der Waals surface area contributed by atoms with Gasteiger partial charge in [-0.2, -0.15) is 0 Å². The number of esters is 1. The van der Waals surface area contributed by atoms with Gasteiger partial charge in [-0.1, -0.05) is 58.4 Å². The van der Waals surface area contributed by atoms with E-state index in [1.807, 2.05) is 6.07 Å². The minimum absolute atomic E-state index is 0.0826. The summed E-state index contributed by atoms with van der Waals surface area (Å²) in [5.74, 6) is 0.170. The molecule has 0 bridgehead atoms. The molecule has 2 aromatic rings. The first-order chi connectivity index (χ1) is 22.7. The third kappa shape index (κ3) is 11.1. The van der Waals surface area contributed by atoms with Crippen molar-refractivity contribution in [2.45, 2.75) is 127 Å². The van der Waals surface area contributed by atoms with E-state index in [9.17, 15) is 14.9 Å². The second-order valence-corrected chi connectivity index (χ2v) is 19.9. The van der Waals surface area contributed by atoms with Gasteiger partial charge in [-0.15, -0.1) is 0 Å². The third-order valence-corrected chi connectivity index (χ3v) is 16.3. The summed E-state index contributed by atoms with van der Waals surface area (Å²) in [4.78, 5) is 23.3. The Morgan fingerprint density at radius 2 is 1.57 bits per heavy atom. The molecule has 2 aliphatic rings. The van der Waals surface area contributed by atoms with Crippen LogP contribution in [0.4, 0.5) is 11.4 Å². The number of hydrogen-bond acceptors (Lipinski definition) is 5. The molecule has 0 amide bonds. The molecule has 2 aliphatic heterocycles. The molecule has 0 radical (unpaired) electrons. The second kappa shape index (κ2) is 19.0. The van der Waals surface area contributed by atoms with Gasteiger partial charge in [0.05, 0.1) is 0 Å². The molecule has 0 saturated carbocycles. The van der Waals surface area contributed by atoms with Crippen molar-refractivity contribution in [3.05, 3.63) is 75.4 Å². The van der Waals surface area contributed by atoms with Crippen LogP contribution in [0.15, 0.2) is 54.1 Å². The molecule has 0 saturated heterocycles. The number of nitrogens with zero attached hydrogens (tertiary/aromatic N) is 1. The van der Waals surface area contributed by atoms with E-state index < -0.39 is 0 Å². The van der Waals surface area contributed by atoms with E-state index in [1.54, 1.807) is 19.1 Å². The molecule has 2 unspecified atom stereocenters. The first-order valence-electron chi connectivity index (χ1n) is 17.8. The molecular formula is C39H54N2O4Se2. The summed E-state index contributed by atoms with van der Waals surface area (Å²) >= 11 is 0.281. The van der Waals surface area contributed by atoms with Crippen LogP contribution in [-0.4, -0.2) is 50.7 Å². The molecular weight excluding hydrogens is 718 g/mol. The van der Waals surface area contributed by atoms with Crippen LogP contribution in [0.2, 0.25) is 0 Å². The Hall–Kier alpha value is -2.37. The maximum atomic E-state index is 12.1. The van der Waals surface area contributed by atoms with E-state index in [1.165, 1.54) is 98.2 Å². The fraction of sp³-hybridized carbons (Fsp3) is 0.564. The van der Waals surface area contributed by atoms with Crippen LogP contribution in [-0.2, 0) is 9.53 Å². The average Bonchev–Trinajstić information content (AvgIpc) is 3.41. The predicted molar refractivity (Wildman–Crippen MR) is 198 cm³/mol. The number of nitro groups is 1. The molecule has 1 spiro atoms. The fourth-order valence-electron chi connectivity index (χ4n) is 6.49. The molecule has 47 heavy (non-hydrogen) atoms. The van der Waals surface area contributed by atoms with Crippen LogP contribution in [0, 0.1) is 23.0 Å². The van der Waals surface area contributed by atoms with Gasteiger partial charge in [0.1, 0.15) is 0 Å². The fourth-order valence-corrected chi connectivity index (χ4v) is 14.0. The molecule has 6 nitrogen and oxygen atoms in total. The Morgan fingerprint density at radius 1 is 0.936 bits per heavy atom. The van der Waals surface area contributed by atoms with Crippen molar-refractivity contribution in [3.63, 3.8) is 0 Å². The number of unbranched alkanes of at least 4 members (excludes halogenated alkanes) is 11.